The maximum atomic E-state index is 9.40. The minimum Gasteiger partial charge on any atom is -0.490 e. The zero-order chi connectivity index (χ0) is 9.26. The van der Waals surface area contributed by atoms with Crippen molar-refractivity contribution >= 4 is 5.71 Å². The van der Waals surface area contributed by atoms with Gasteiger partial charge in [0.2, 0.25) is 0 Å². The lowest BCUT2D eigenvalue weighted by molar-refractivity contribution is 0.146. The molecule has 0 fully saturated rings. The Morgan fingerprint density at radius 1 is 1.38 bits per heavy atom. The van der Waals surface area contributed by atoms with Gasteiger partial charge in [-0.2, -0.15) is 0 Å². The van der Waals surface area contributed by atoms with Crippen LogP contribution < -0.4 is 4.74 Å². The SMILES string of the molecule is ON=C1c2ccccc2OCC1O. The Morgan fingerprint density at radius 3 is 2.92 bits per heavy atom. The van der Waals surface area contributed by atoms with E-state index in [1.54, 1.807) is 18.2 Å². The van der Waals surface area contributed by atoms with E-state index in [9.17, 15) is 5.11 Å². The van der Waals surface area contributed by atoms with E-state index in [0.717, 1.165) is 0 Å². The number of ether oxygens (including phenoxy) is 1. The van der Waals surface area contributed by atoms with Crippen LogP contribution in [0.15, 0.2) is 29.4 Å². The summed E-state index contributed by atoms with van der Waals surface area (Å²) < 4.78 is 5.23. The number of rotatable bonds is 0. The molecule has 1 aromatic carbocycles. The maximum absolute atomic E-state index is 9.40. The van der Waals surface area contributed by atoms with Gasteiger partial charge in [0, 0.05) is 5.56 Å². The molecule has 0 saturated heterocycles. The number of fused-ring (bicyclic) bond motifs is 1. The van der Waals surface area contributed by atoms with Crippen LogP contribution in [0.4, 0.5) is 0 Å². The predicted octanol–water partition coefficient (Wildman–Crippen LogP) is 0.618. The van der Waals surface area contributed by atoms with Gasteiger partial charge in [0.15, 0.2) is 0 Å². The van der Waals surface area contributed by atoms with Crippen molar-refractivity contribution in [3.8, 4) is 5.75 Å². The van der Waals surface area contributed by atoms with E-state index in [1.165, 1.54) is 0 Å². The Hall–Kier alpha value is -1.55. The molecule has 2 rings (SSSR count). The predicted molar refractivity (Wildman–Crippen MR) is 46.3 cm³/mol. The maximum Gasteiger partial charge on any atom is 0.134 e. The smallest absolute Gasteiger partial charge is 0.134 e. The summed E-state index contributed by atoms with van der Waals surface area (Å²) in [6.07, 6.45) is -0.847. The van der Waals surface area contributed by atoms with Gasteiger partial charge in [0.1, 0.15) is 24.2 Å². The molecule has 0 amide bonds. The lowest BCUT2D eigenvalue weighted by Gasteiger charge is -2.22. The van der Waals surface area contributed by atoms with Crippen LogP contribution in [0.2, 0.25) is 0 Å². The van der Waals surface area contributed by atoms with Crippen molar-refractivity contribution in [1.29, 1.82) is 0 Å². The first-order valence-corrected chi connectivity index (χ1v) is 3.95. The second-order valence-electron chi connectivity index (χ2n) is 2.81. The highest BCUT2D eigenvalue weighted by atomic mass is 16.5. The van der Waals surface area contributed by atoms with Crippen LogP contribution in [0.3, 0.4) is 0 Å². The molecule has 1 aromatic rings. The minimum absolute atomic E-state index is 0.135. The normalized spacial score (nSPS) is 23.8. The molecule has 4 nitrogen and oxygen atoms in total. The number of aliphatic hydroxyl groups excluding tert-OH is 1. The number of nitrogens with zero attached hydrogens (tertiary/aromatic N) is 1. The summed E-state index contributed by atoms with van der Waals surface area (Å²) in [5, 5.41) is 21.1. The summed E-state index contributed by atoms with van der Waals surface area (Å²) >= 11 is 0. The van der Waals surface area contributed by atoms with E-state index in [2.05, 4.69) is 5.16 Å². The zero-order valence-electron chi connectivity index (χ0n) is 6.84. The summed E-state index contributed by atoms with van der Waals surface area (Å²) in [7, 11) is 0. The fourth-order valence-corrected chi connectivity index (χ4v) is 1.35. The third kappa shape index (κ3) is 1.25. The third-order valence-corrected chi connectivity index (χ3v) is 1.98. The highest BCUT2D eigenvalue weighted by Gasteiger charge is 2.24. The average Bonchev–Trinajstić information content (AvgIpc) is 2.18. The lowest BCUT2D eigenvalue weighted by atomic mass is 10.0. The molecule has 0 aliphatic carbocycles. The van der Waals surface area contributed by atoms with Crippen molar-refractivity contribution in [3.63, 3.8) is 0 Å². The average molecular weight is 179 g/mol. The molecular formula is C9H9NO3. The van der Waals surface area contributed by atoms with Gasteiger partial charge in [-0.05, 0) is 12.1 Å². The van der Waals surface area contributed by atoms with Gasteiger partial charge in [0.05, 0.1) is 0 Å². The third-order valence-electron chi connectivity index (χ3n) is 1.98. The van der Waals surface area contributed by atoms with E-state index in [0.29, 0.717) is 11.3 Å². The van der Waals surface area contributed by atoms with Gasteiger partial charge in [0.25, 0.3) is 0 Å². The Labute approximate surface area is 75.1 Å². The number of para-hydroxylation sites is 1. The Bertz CT molecular complexity index is 348. The van der Waals surface area contributed by atoms with Crippen LogP contribution in [0, 0.1) is 0 Å². The van der Waals surface area contributed by atoms with Crippen LogP contribution >= 0.6 is 0 Å². The molecule has 1 aliphatic heterocycles. The second kappa shape index (κ2) is 3.06. The van der Waals surface area contributed by atoms with Gasteiger partial charge in [-0.3, -0.25) is 0 Å². The van der Waals surface area contributed by atoms with E-state index in [-0.39, 0.29) is 12.3 Å². The molecule has 1 heterocycles. The van der Waals surface area contributed by atoms with E-state index in [1.807, 2.05) is 6.07 Å². The summed E-state index contributed by atoms with van der Waals surface area (Å²) in [5.41, 5.74) is 0.908. The summed E-state index contributed by atoms with van der Waals surface area (Å²) in [4.78, 5) is 0. The van der Waals surface area contributed by atoms with Gasteiger partial charge in [-0.25, -0.2) is 0 Å². The number of oxime groups is 1. The Morgan fingerprint density at radius 2 is 2.15 bits per heavy atom. The van der Waals surface area contributed by atoms with E-state index < -0.39 is 6.10 Å². The van der Waals surface area contributed by atoms with Crippen LogP contribution in [0.5, 0.6) is 5.75 Å². The van der Waals surface area contributed by atoms with Crippen molar-refractivity contribution in [1.82, 2.24) is 0 Å². The monoisotopic (exact) mass is 179 g/mol. The highest BCUT2D eigenvalue weighted by Crippen LogP contribution is 2.24. The molecule has 0 bridgehead atoms. The number of hydrogen-bond acceptors (Lipinski definition) is 4. The van der Waals surface area contributed by atoms with Gasteiger partial charge >= 0.3 is 0 Å². The fourth-order valence-electron chi connectivity index (χ4n) is 1.35. The van der Waals surface area contributed by atoms with Crippen LogP contribution in [0.1, 0.15) is 5.56 Å². The Kier molecular flexibility index (Phi) is 1.90. The molecular weight excluding hydrogens is 170 g/mol. The molecule has 1 unspecified atom stereocenters. The van der Waals surface area contributed by atoms with Gasteiger partial charge in [-0.1, -0.05) is 17.3 Å². The largest absolute Gasteiger partial charge is 0.490 e. The van der Waals surface area contributed by atoms with Crippen LogP contribution in [-0.4, -0.2) is 28.7 Å². The van der Waals surface area contributed by atoms with Crippen molar-refractivity contribution in [2.24, 2.45) is 5.16 Å². The topological polar surface area (TPSA) is 62.1 Å². The first kappa shape index (κ1) is 8.07. The van der Waals surface area contributed by atoms with E-state index >= 15 is 0 Å². The molecule has 68 valence electrons. The number of aliphatic hydroxyl groups is 1. The fraction of sp³-hybridized carbons (Fsp3) is 0.222. The van der Waals surface area contributed by atoms with Crippen molar-refractivity contribution in [2.45, 2.75) is 6.10 Å². The van der Waals surface area contributed by atoms with Crippen molar-refractivity contribution in [3.05, 3.63) is 29.8 Å². The quantitative estimate of drug-likeness (QED) is 0.453. The molecule has 1 aliphatic rings. The highest BCUT2D eigenvalue weighted by molar-refractivity contribution is 6.06. The number of hydrogen-bond donors (Lipinski definition) is 2. The summed E-state index contributed by atoms with van der Waals surface area (Å²) in [5.74, 6) is 0.639. The molecule has 1 atom stereocenters. The number of benzene rings is 1. The molecule has 4 heteroatoms. The molecule has 0 radical (unpaired) electrons. The van der Waals surface area contributed by atoms with Crippen LogP contribution in [-0.2, 0) is 0 Å². The standard InChI is InChI=1S/C9H9NO3/c11-7-5-13-8-4-2-1-3-6(8)9(7)10-12/h1-4,7,11-12H,5H2. The zero-order valence-corrected chi connectivity index (χ0v) is 6.84. The minimum atomic E-state index is -0.847. The van der Waals surface area contributed by atoms with Crippen LogP contribution in [0.25, 0.3) is 0 Å². The first-order chi connectivity index (χ1) is 6.33. The first-order valence-electron chi connectivity index (χ1n) is 3.95. The van der Waals surface area contributed by atoms with Gasteiger partial charge in [-0.15, -0.1) is 0 Å². The lowest BCUT2D eigenvalue weighted by Crippen LogP contribution is -2.33. The van der Waals surface area contributed by atoms with Gasteiger partial charge < -0.3 is 15.1 Å². The van der Waals surface area contributed by atoms with Crippen molar-refractivity contribution in [2.75, 3.05) is 6.61 Å². The molecule has 2 N–H and O–H groups in total. The summed E-state index contributed by atoms with van der Waals surface area (Å²) in [6.45, 7) is 0.135. The molecule has 0 spiro atoms. The molecule has 0 saturated carbocycles. The Balaban J connectivity index is 2.52. The second-order valence-corrected chi connectivity index (χ2v) is 2.81. The molecule has 0 aromatic heterocycles. The summed E-state index contributed by atoms with van der Waals surface area (Å²) in [6, 6.07) is 7.14. The van der Waals surface area contributed by atoms with Crippen molar-refractivity contribution < 1.29 is 15.1 Å². The molecule has 13 heavy (non-hydrogen) atoms. The van der Waals surface area contributed by atoms with E-state index in [4.69, 9.17) is 9.94 Å².